The largest absolute Gasteiger partial charge is 0.340 e. The number of rotatable bonds is 3. The molecule has 0 spiro atoms. The lowest BCUT2D eigenvalue weighted by Crippen LogP contribution is -2.30. The molecule has 2 aromatic rings. The molecule has 0 saturated heterocycles. The fourth-order valence-corrected chi connectivity index (χ4v) is 3.23. The minimum absolute atomic E-state index is 0. The van der Waals surface area contributed by atoms with Gasteiger partial charge >= 0.3 is 0 Å². The maximum Gasteiger partial charge on any atom is 0.0489 e. The summed E-state index contributed by atoms with van der Waals surface area (Å²) in [5.41, 5.74) is 5.77. The molecule has 0 radical (unpaired) electrons. The van der Waals surface area contributed by atoms with E-state index in [2.05, 4.69) is 48.1 Å². The lowest BCUT2D eigenvalue weighted by Gasteiger charge is -2.26. The van der Waals surface area contributed by atoms with Crippen LogP contribution in [0.1, 0.15) is 23.7 Å². The van der Waals surface area contributed by atoms with E-state index >= 15 is 0 Å². The highest BCUT2D eigenvalue weighted by molar-refractivity contribution is 5.86. The van der Waals surface area contributed by atoms with Crippen LogP contribution in [0.2, 0.25) is 0 Å². The van der Waals surface area contributed by atoms with Gasteiger partial charge in [0.25, 0.3) is 0 Å². The lowest BCUT2D eigenvalue weighted by atomic mass is 10.0. The van der Waals surface area contributed by atoms with E-state index in [1.165, 1.54) is 34.3 Å². The third kappa shape index (κ3) is 2.38. The van der Waals surface area contributed by atoms with Crippen LogP contribution >= 0.6 is 12.4 Å². The normalized spacial score (nSPS) is 14.9. The molecule has 20 heavy (non-hydrogen) atoms. The summed E-state index contributed by atoms with van der Waals surface area (Å²) >= 11 is 0. The Morgan fingerprint density at radius 1 is 1.35 bits per heavy atom. The van der Waals surface area contributed by atoms with Crippen molar-refractivity contribution in [3.8, 4) is 0 Å². The Kier molecular flexibility index (Phi) is 4.56. The zero-order chi connectivity index (χ0) is 13.4. The highest BCUT2D eigenvalue weighted by Gasteiger charge is 2.22. The zero-order valence-electron chi connectivity index (χ0n) is 12.4. The molecule has 0 saturated carbocycles. The van der Waals surface area contributed by atoms with Crippen LogP contribution in [-0.2, 0) is 19.5 Å². The van der Waals surface area contributed by atoms with E-state index in [0.29, 0.717) is 0 Å². The van der Waals surface area contributed by atoms with E-state index in [0.717, 1.165) is 26.1 Å². The SMILES string of the molecule is C=CCn1c2c(c3cc(C)ccc31)CN(CC)CC2.Cl. The molecule has 3 heteroatoms. The number of hydrogen-bond acceptors (Lipinski definition) is 1. The second kappa shape index (κ2) is 6.02. The van der Waals surface area contributed by atoms with Crippen molar-refractivity contribution in [3.63, 3.8) is 0 Å². The Balaban J connectivity index is 0.00000147. The molecular weight excluding hydrogens is 268 g/mol. The van der Waals surface area contributed by atoms with E-state index in [4.69, 9.17) is 0 Å². The number of aryl methyl sites for hydroxylation is 1. The van der Waals surface area contributed by atoms with Crippen molar-refractivity contribution in [1.82, 2.24) is 9.47 Å². The quantitative estimate of drug-likeness (QED) is 0.778. The summed E-state index contributed by atoms with van der Waals surface area (Å²) < 4.78 is 2.45. The Morgan fingerprint density at radius 3 is 2.85 bits per heavy atom. The summed E-state index contributed by atoms with van der Waals surface area (Å²) in [6.07, 6.45) is 3.16. The van der Waals surface area contributed by atoms with Crippen LogP contribution < -0.4 is 0 Å². The van der Waals surface area contributed by atoms with Crippen molar-refractivity contribution < 1.29 is 0 Å². The molecule has 1 aromatic heterocycles. The second-order valence-electron chi connectivity index (χ2n) is 5.46. The summed E-state index contributed by atoms with van der Waals surface area (Å²) in [6, 6.07) is 6.82. The number of nitrogens with zero attached hydrogens (tertiary/aromatic N) is 2. The van der Waals surface area contributed by atoms with E-state index in [1.807, 2.05) is 6.08 Å². The lowest BCUT2D eigenvalue weighted by molar-refractivity contribution is 0.266. The molecule has 0 amide bonds. The van der Waals surface area contributed by atoms with Gasteiger partial charge in [-0.25, -0.2) is 0 Å². The van der Waals surface area contributed by atoms with Crippen molar-refractivity contribution in [3.05, 3.63) is 47.7 Å². The zero-order valence-corrected chi connectivity index (χ0v) is 13.2. The number of halogens is 1. The minimum atomic E-state index is 0. The molecule has 1 aliphatic heterocycles. The Labute approximate surface area is 127 Å². The van der Waals surface area contributed by atoms with Crippen LogP contribution in [0.3, 0.4) is 0 Å². The summed E-state index contributed by atoms with van der Waals surface area (Å²) in [6.45, 7) is 12.7. The molecular formula is C17H23ClN2. The second-order valence-corrected chi connectivity index (χ2v) is 5.46. The number of hydrogen-bond donors (Lipinski definition) is 0. The summed E-state index contributed by atoms with van der Waals surface area (Å²) in [5, 5.41) is 1.44. The van der Waals surface area contributed by atoms with Gasteiger partial charge < -0.3 is 4.57 Å². The third-order valence-electron chi connectivity index (χ3n) is 4.25. The molecule has 1 aromatic carbocycles. The van der Waals surface area contributed by atoms with Gasteiger partial charge in [0.1, 0.15) is 0 Å². The van der Waals surface area contributed by atoms with Crippen molar-refractivity contribution >= 4 is 23.3 Å². The molecule has 0 unspecified atom stereocenters. The number of benzene rings is 1. The van der Waals surface area contributed by atoms with Gasteiger partial charge in [0.15, 0.2) is 0 Å². The minimum Gasteiger partial charge on any atom is -0.340 e. The Morgan fingerprint density at radius 2 is 2.15 bits per heavy atom. The molecule has 1 aliphatic rings. The number of allylic oxidation sites excluding steroid dienone is 1. The molecule has 2 heterocycles. The van der Waals surface area contributed by atoms with E-state index in [9.17, 15) is 0 Å². The highest BCUT2D eigenvalue weighted by atomic mass is 35.5. The van der Waals surface area contributed by atoms with E-state index < -0.39 is 0 Å². The van der Waals surface area contributed by atoms with Crippen LogP contribution in [-0.4, -0.2) is 22.6 Å². The van der Waals surface area contributed by atoms with Crippen molar-refractivity contribution in [2.24, 2.45) is 0 Å². The van der Waals surface area contributed by atoms with E-state index in [-0.39, 0.29) is 12.4 Å². The van der Waals surface area contributed by atoms with E-state index in [1.54, 1.807) is 0 Å². The van der Waals surface area contributed by atoms with Crippen molar-refractivity contribution in [1.29, 1.82) is 0 Å². The number of likely N-dealkylation sites (N-methyl/N-ethyl adjacent to an activating group) is 1. The predicted molar refractivity (Wildman–Crippen MR) is 88.8 cm³/mol. The van der Waals surface area contributed by atoms with Gasteiger partial charge in [-0.1, -0.05) is 24.6 Å². The maximum absolute atomic E-state index is 3.91. The Hall–Kier alpha value is -1.25. The van der Waals surface area contributed by atoms with Gasteiger partial charge in [0.05, 0.1) is 0 Å². The van der Waals surface area contributed by atoms with Crippen LogP contribution in [0.25, 0.3) is 10.9 Å². The average molecular weight is 291 g/mol. The topological polar surface area (TPSA) is 8.17 Å². The summed E-state index contributed by atoms with van der Waals surface area (Å²) in [5.74, 6) is 0. The van der Waals surface area contributed by atoms with Gasteiger partial charge in [-0.15, -0.1) is 19.0 Å². The maximum atomic E-state index is 3.91. The Bertz CT molecular complexity index is 627. The standard InChI is InChI=1S/C17H22N2.ClH/c1-4-9-19-16-7-6-13(3)11-14(16)15-12-18(5-2)10-8-17(15)19;/h4,6-7,11H,1,5,8-10,12H2,2-3H3;1H. The van der Waals surface area contributed by atoms with Gasteiger partial charge in [-0.2, -0.15) is 0 Å². The van der Waals surface area contributed by atoms with Gasteiger partial charge in [0.2, 0.25) is 0 Å². The van der Waals surface area contributed by atoms with Crippen LogP contribution in [0, 0.1) is 6.92 Å². The first-order chi connectivity index (χ1) is 9.24. The molecule has 108 valence electrons. The van der Waals surface area contributed by atoms with Gasteiger partial charge in [0, 0.05) is 42.7 Å². The highest BCUT2D eigenvalue weighted by Crippen LogP contribution is 2.31. The fourth-order valence-electron chi connectivity index (χ4n) is 3.23. The van der Waals surface area contributed by atoms with Crippen LogP contribution in [0.5, 0.6) is 0 Å². The molecule has 0 atom stereocenters. The molecule has 0 aliphatic carbocycles. The number of aromatic nitrogens is 1. The van der Waals surface area contributed by atoms with Gasteiger partial charge in [-0.05, 0) is 31.2 Å². The van der Waals surface area contributed by atoms with Crippen LogP contribution in [0.15, 0.2) is 30.9 Å². The first kappa shape index (κ1) is 15.1. The average Bonchev–Trinajstić information content (AvgIpc) is 2.73. The first-order valence-corrected chi connectivity index (χ1v) is 7.18. The third-order valence-corrected chi connectivity index (χ3v) is 4.25. The predicted octanol–water partition coefficient (Wildman–Crippen LogP) is 3.94. The molecule has 0 N–H and O–H groups in total. The van der Waals surface area contributed by atoms with Crippen LogP contribution in [0.4, 0.5) is 0 Å². The van der Waals surface area contributed by atoms with Crippen molar-refractivity contribution in [2.75, 3.05) is 13.1 Å². The fraction of sp³-hybridized carbons (Fsp3) is 0.412. The molecule has 2 nitrogen and oxygen atoms in total. The summed E-state index contributed by atoms with van der Waals surface area (Å²) in [7, 11) is 0. The van der Waals surface area contributed by atoms with Gasteiger partial charge in [-0.3, -0.25) is 4.90 Å². The molecule has 3 rings (SSSR count). The summed E-state index contributed by atoms with van der Waals surface area (Å²) in [4.78, 5) is 2.53. The number of fused-ring (bicyclic) bond motifs is 3. The molecule has 0 bridgehead atoms. The monoisotopic (exact) mass is 290 g/mol. The first-order valence-electron chi connectivity index (χ1n) is 7.18. The smallest absolute Gasteiger partial charge is 0.0489 e. The van der Waals surface area contributed by atoms with Crippen molar-refractivity contribution in [2.45, 2.75) is 33.4 Å². The molecule has 0 fully saturated rings.